The Kier molecular flexibility index (Phi) is 7.23. The van der Waals surface area contributed by atoms with Crippen LogP contribution in [0.1, 0.15) is 6.85 Å². The number of para-hydroxylation sites is 1. The van der Waals surface area contributed by atoms with Crippen LogP contribution in [0.3, 0.4) is 0 Å². The first-order chi connectivity index (χ1) is 32.3. The molecule has 12 aromatic rings. The summed E-state index contributed by atoms with van der Waals surface area (Å²) < 4.78 is 50.9. The van der Waals surface area contributed by atoms with Crippen LogP contribution in [-0.4, -0.2) is 0 Å². The maximum atomic E-state index is 8.73. The Morgan fingerprint density at radius 2 is 0.918 bits per heavy atom. The molecule has 0 amide bonds. The number of rotatable bonds is 7. The second-order valence-corrected chi connectivity index (χ2v) is 16.3. The number of benzene rings is 10. The normalized spacial score (nSPS) is 12.8. The zero-order valence-electron chi connectivity index (χ0n) is 37.7. The van der Waals surface area contributed by atoms with E-state index >= 15 is 0 Å². The van der Waals surface area contributed by atoms with Gasteiger partial charge in [-0.25, -0.2) is 0 Å². The quantitative estimate of drug-likeness (QED) is 0.160. The van der Waals surface area contributed by atoms with Gasteiger partial charge in [0, 0.05) is 37.6 Å². The molecule has 12 rings (SSSR count). The molecular weight excluding hydrogens is 759 g/mol. The molecule has 0 saturated carbocycles. The summed E-state index contributed by atoms with van der Waals surface area (Å²) in [6, 6.07) is 66.0. The van der Waals surface area contributed by atoms with Crippen LogP contribution >= 0.6 is 11.3 Å². The van der Waals surface area contributed by atoms with Crippen molar-refractivity contribution in [2.24, 2.45) is 0 Å². The average Bonchev–Trinajstić information content (AvgIpc) is 3.95. The van der Waals surface area contributed by atoms with Crippen molar-refractivity contribution in [3.05, 3.63) is 224 Å². The lowest BCUT2D eigenvalue weighted by Gasteiger charge is -2.26. The molecule has 10 aromatic carbocycles. The second-order valence-electron chi connectivity index (χ2n) is 15.2. The van der Waals surface area contributed by atoms with Crippen LogP contribution in [0.2, 0.25) is 0 Å². The third-order valence-corrected chi connectivity index (χ3v) is 13.1. The zero-order chi connectivity index (χ0) is 44.6. The summed E-state index contributed by atoms with van der Waals surface area (Å²) in [7, 11) is 0. The fourth-order valence-electron chi connectivity index (χ4n) is 8.91. The van der Waals surface area contributed by atoms with Gasteiger partial charge in [0.25, 0.3) is 0 Å². The molecule has 2 nitrogen and oxygen atoms in total. The Bertz CT molecular complexity index is 3850. The first-order valence-corrected chi connectivity index (χ1v) is 21.1. The highest BCUT2D eigenvalue weighted by Crippen LogP contribution is 2.48. The molecule has 286 valence electrons. The van der Waals surface area contributed by atoms with Crippen molar-refractivity contribution in [3.63, 3.8) is 0 Å². The Hall–Kier alpha value is -7.72. The molecule has 0 atom stereocenters. The second kappa shape index (κ2) is 14.5. The molecule has 0 N–H and O–H groups in total. The van der Waals surface area contributed by atoms with Gasteiger partial charge in [-0.2, -0.15) is 0 Å². The minimum absolute atomic E-state index is 0.197. The van der Waals surface area contributed by atoms with Gasteiger partial charge in [-0.3, -0.25) is 0 Å². The molecule has 0 aliphatic heterocycles. The van der Waals surface area contributed by atoms with E-state index in [4.69, 9.17) is 11.3 Å². The van der Waals surface area contributed by atoms with E-state index in [0.717, 1.165) is 72.0 Å². The number of thiophene rings is 1. The van der Waals surface area contributed by atoms with E-state index in [1.807, 2.05) is 65.9 Å². The van der Waals surface area contributed by atoms with Gasteiger partial charge in [0.05, 0.1) is 17.2 Å². The molecule has 0 fully saturated rings. The van der Waals surface area contributed by atoms with Crippen LogP contribution in [0.4, 0.5) is 17.1 Å². The highest BCUT2D eigenvalue weighted by atomic mass is 32.1. The van der Waals surface area contributed by atoms with Gasteiger partial charge in [-0.15, -0.1) is 11.3 Å². The van der Waals surface area contributed by atoms with Crippen LogP contribution < -0.4 is 4.90 Å². The van der Waals surface area contributed by atoms with Crippen molar-refractivity contribution in [2.45, 2.75) is 0 Å². The first-order valence-electron chi connectivity index (χ1n) is 22.8. The Balaban J connectivity index is 0.995. The predicted octanol–water partition coefficient (Wildman–Crippen LogP) is 17.2. The van der Waals surface area contributed by atoms with E-state index in [0.29, 0.717) is 5.56 Å². The van der Waals surface area contributed by atoms with Crippen LogP contribution in [0, 0.1) is 0 Å². The summed E-state index contributed by atoms with van der Waals surface area (Å²) in [4.78, 5) is 2.35. The number of nitrogens with zero attached hydrogens (tertiary/aromatic N) is 1. The lowest BCUT2D eigenvalue weighted by Crippen LogP contribution is -2.10. The largest absolute Gasteiger partial charge is 0.456 e. The lowest BCUT2D eigenvalue weighted by atomic mass is 9.92. The Morgan fingerprint density at radius 3 is 1.66 bits per heavy atom. The van der Waals surface area contributed by atoms with E-state index in [2.05, 4.69) is 144 Å². The summed E-state index contributed by atoms with van der Waals surface area (Å²) in [6.07, 6.45) is 0. The standard InChI is InChI=1S/C58H37NOS/c1-3-13-39(14-4-1)45-34-35-46(49-18-8-7-17-48(45)49)41-27-32-44(33-28-41)59(43-30-25-38(26-31-43)42-29-36-56-53(37-42)50-19-9-10-24-55(50)60-56)54-23-12-22-52-51-21-11-20-47(57(51)61-58(52)54)40-15-5-2-6-16-40/h1-37H/i1D,3D,4D,13D,14D. The van der Waals surface area contributed by atoms with E-state index < -0.39 is 6.04 Å². The van der Waals surface area contributed by atoms with Crippen molar-refractivity contribution >= 4 is 81.3 Å². The molecule has 0 radical (unpaired) electrons. The van der Waals surface area contributed by atoms with E-state index in [-0.39, 0.29) is 29.7 Å². The molecule has 2 aromatic heterocycles. The number of anilines is 3. The van der Waals surface area contributed by atoms with E-state index in [1.54, 1.807) is 0 Å². The van der Waals surface area contributed by atoms with Gasteiger partial charge in [0.2, 0.25) is 0 Å². The van der Waals surface area contributed by atoms with Crippen molar-refractivity contribution < 1.29 is 11.3 Å². The van der Waals surface area contributed by atoms with Gasteiger partial charge in [0.1, 0.15) is 11.2 Å². The van der Waals surface area contributed by atoms with Crippen LogP contribution in [0.5, 0.6) is 0 Å². The third kappa shape index (κ3) is 6.01. The zero-order valence-corrected chi connectivity index (χ0v) is 33.6. The van der Waals surface area contributed by atoms with Crippen molar-refractivity contribution in [3.8, 4) is 44.5 Å². The number of fused-ring (bicyclic) bond motifs is 7. The fourth-order valence-corrected chi connectivity index (χ4v) is 10.2. The molecule has 0 aliphatic carbocycles. The minimum Gasteiger partial charge on any atom is -0.456 e. The van der Waals surface area contributed by atoms with Crippen molar-refractivity contribution in [2.75, 3.05) is 4.90 Å². The Labute approximate surface area is 364 Å². The molecule has 61 heavy (non-hydrogen) atoms. The van der Waals surface area contributed by atoms with Gasteiger partial charge < -0.3 is 9.32 Å². The number of hydrogen-bond acceptors (Lipinski definition) is 3. The van der Waals surface area contributed by atoms with Crippen LogP contribution in [-0.2, 0) is 0 Å². The molecule has 0 unspecified atom stereocenters. The molecule has 0 bridgehead atoms. The Morgan fingerprint density at radius 1 is 0.361 bits per heavy atom. The molecule has 0 saturated heterocycles. The smallest absolute Gasteiger partial charge is 0.135 e. The van der Waals surface area contributed by atoms with Gasteiger partial charge >= 0.3 is 0 Å². The molecule has 3 heteroatoms. The van der Waals surface area contributed by atoms with Crippen molar-refractivity contribution in [1.29, 1.82) is 0 Å². The molecular formula is C58H37NOS. The summed E-state index contributed by atoms with van der Waals surface area (Å²) in [5.41, 5.74) is 12.2. The van der Waals surface area contributed by atoms with Crippen LogP contribution in [0.15, 0.2) is 229 Å². The summed E-state index contributed by atoms with van der Waals surface area (Å²) in [5.74, 6) is 0. The SMILES string of the molecule is [2H]c1c([2H])c([2H])c(-c2ccc(-c3ccc(N(c4ccc(-c5ccc6oc7ccccc7c6c5)cc4)c4cccc5c4sc4c(-c6ccccc6)cccc45)cc3)c3ccccc23)c([2H])c1[2H]. The molecule has 2 heterocycles. The molecule has 0 spiro atoms. The topological polar surface area (TPSA) is 16.4 Å². The fraction of sp³-hybridized carbons (Fsp3) is 0. The summed E-state index contributed by atoms with van der Waals surface area (Å²) in [6.45, 7) is 0. The first kappa shape index (κ1) is 30.3. The van der Waals surface area contributed by atoms with Gasteiger partial charge in [-0.05, 0) is 104 Å². The number of furan rings is 1. The predicted molar refractivity (Wildman–Crippen MR) is 261 cm³/mol. The highest BCUT2D eigenvalue weighted by molar-refractivity contribution is 7.27. The lowest BCUT2D eigenvalue weighted by molar-refractivity contribution is 0.669. The van der Waals surface area contributed by atoms with Gasteiger partial charge in [-0.1, -0.05) is 176 Å². The maximum Gasteiger partial charge on any atom is 0.135 e. The third-order valence-electron chi connectivity index (χ3n) is 11.8. The highest BCUT2D eigenvalue weighted by Gasteiger charge is 2.20. The van der Waals surface area contributed by atoms with E-state index in [1.165, 1.54) is 31.3 Å². The van der Waals surface area contributed by atoms with E-state index in [9.17, 15) is 0 Å². The van der Waals surface area contributed by atoms with Gasteiger partial charge in [0.15, 0.2) is 0 Å². The summed E-state index contributed by atoms with van der Waals surface area (Å²) in [5, 5.41) is 6.36. The van der Waals surface area contributed by atoms with Crippen molar-refractivity contribution in [1.82, 2.24) is 0 Å². The number of hydrogen-bond donors (Lipinski definition) is 0. The maximum absolute atomic E-state index is 8.73. The monoisotopic (exact) mass is 800 g/mol. The summed E-state index contributed by atoms with van der Waals surface area (Å²) >= 11 is 1.82. The average molecular weight is 801 g/mol. The minimum atomic E-state index is -0.402. The molecule has 0 aliphatic rings. The van der Waals surface area contributed by atoms with Crippen LogP contribution in [0.25, 0.3) is 97.4 Å².